The van der Waals surface area contributed by atoms with Crippen LogP contribution in [0.5, 0.6) is 0 Å². The maximum atomic E-state index is 13.9. The fourth-order valence-corrected chi connectivity index (χ4v) is 1.90. The second kappa shape index (κ2) is 5.85. The predicted octanol–water partition coefficient (Wildman–Crippen LogP) is 3.05. The topological polar surface area (TPSA) is 82.5 Å². The fraction of sp³-hybridized carbons (Fsp3) is 0.0769. The van der Waals surface area contributed by atoms with Crippen molar-refractivity contribution in [2.75, 3.05) is 5.32 Å². The number of anilines is 1. The van der Waals surface area contributed by atoms with Crippen molar-refractivity contribution in [3.8, 4) is 0 Å². The zero-order valence-corrected chi connectivity index (χ0v) is 10.8. The zero-order valence-electron chi connectivity index (χ0n) is 10.0. The van der Waals surface area contributed by atoms with Crippen LogP contribution < -0.4 is 5.32 Å². The van der Waals surface area contributed by atoms with Gasteiger partial charge in [-0.15, -0.1) is 0 Å². The number of nitrogens with zero attached hydrogens (tertiary/aromatic N) is 1. The van der Waals surface area contributed by atoms with E-state index in [1.54, 1.807) is 0 Å². The van der Waals surface area contributed by atoms with Gasteiger partial charge in [0.15, 0.2) is 0 Å². The highest BCUT2D eigenvalue weighted by atomic mass is 35.5. The lowest BCUT2D eigenvalue weighted by Crippen LogP contribution is -2.09. The van der Waals surface area contributed by atoms with Crippen LogP contribution in [-0.4, -0.2) is 21.3 Å². The number of pyridine rings is 1. The van der Waals surface area contributed by atoms with Crippen LogP contribution in [0.15, 0.2) is 36.5 Å². The minimum Gasteiger partial charge on any atom is -0.465 e. The fourth-order valence-electron chi connectivity index (χ4n) is 1.72. The van der Waals surface area contributed by atoms with Gasteiger partial charge in [-0.3, -0.25) is 5.32 Å². The molecule has 1 aromatic heterocycles. The van der Waals surface area contributed by atoms with Crippen LogP contribution in [0.3, 0.4) is 0 Å². The van der Waals surface area contributed by atoms with E-state index in [0.29, 0.717) is 5.56 Å². The Hall–Kier alpha value is -2.18. The number of halogens is 2. The highest BCUT2D eigenvalue weighted by Crippen LogP contribution is 2.27. The molecule has 3 N–H and O–H groups in total. The van der Waals surface area contributed by atoms with Gasteiger partial charge in [0, 0.05) is 17.4 Å². The van der Waals surface area contributed by atoms with Crippen molar-refractivity contribution in [2.24, 2.45) is 0 Å². The van der Waals surface area contributed by atoms with Crippen molar-refractivity contribution in [1.29, 1.82) is 0 Å². The first-order chi connectivity index (χ1) is 9.47. The maximum Gasteiger partial charge on any atom is 0.409 e. The van der Waals surface area contributed by atoms with Gasteiger partial charge in [0.05, 0.1) is 0 Å². The molecular weight excluding hydrogens is 287 g/mol. The van der Waals surface area contributed by atoms with Gasteiger partial charge in [-0.1, -0.05) is 17.7 Å². The molecule has 0 saturated carbocycles. The van der Waals surface area contributed by atoms with E-state index < -0.39 is 18.0 Å². The van der Waals surface area contributed by atoms with E-state index in [4.69, 9.17) is 16.7 Å². The van der Waals surface area contributed by atoms with Crippen molar-refractivity contribution in [3.63, 3.8) is 0 Å². The molecule has 7 heteroatoms. The van der Waals surface area contributed by atoms with Gasteiger partial charge in [-0.05, 0) is 29.8 Å². The molecule has 20 heavy (non-hydrogen) atoms. The molecule has 1 aromatic carbocycles. The molecule has 1 heterocycles. The third-order valence-electron chi connectivity index (χ3n) is 2.61. The maximum absolute atomic E-state index is 13.9. The van der Waals surface area contributed by atoms with Crippen molar-refractivity contribution >= 4 is 23.4 Å². The molecular formula is C13H10ClFN2O3. The molecule has 104 valence electrons. The first-order valence-electron chi connectivity index (χ1n) is 5.56. The van der Waals surface area contributed by atoms with Crippen molar-refractivity contribution in [2.45, 2.75) is 6.10 Å². The molecule has 0 radical (unpaired) electrons. The summed E-state index contributed by atoms with van der Waals surface area (Å²) >= 11 is 5.71. The number of aromatic nitrogens is 1. The summed E-state index contributed by atoms with van der Waals surface area (Å²) in [7, 11) is 0. The first kappa shape index (κ1) is 14.2. The van der Waals surface area contributed by atoms with Crippen LogP contribution in [0.25, 0.3) is 0 Å². The number of hydrogen-bond donors (Lipinski definition) is 3. The average molecular weight is 297 g/mol. The van der Waals surface area contributed by atoms with Gasteiger partial charge in [0.25, 0.3) is 0 Å². The number of benzene rings is 1. The SMILES string of the molecule is O=C(O)Nc1ccc(C(O)c2ccnc(Cl)c2)c(F)c1. The Kier molecular flexibility index (Phi) is 4.16. The summed E-state index contributed by atoms with van der Waals surface area (Å²) in [4.78, 5) is 14.2. The molecule has 0 bridgehead atoms. The quantitative estimate of drug-likeness (QED) is 0.760. The number of rotatable bonds is 3. The summed E-state index contributed by atoms with van der Waals surface area (Å²) in [5.74, 6) is -0.725. The Balaban J connectivity index is 2.31. The predicted molar refractivity (Wildman–Crippen MR) is 71.4 cm³/mol. The Morgan fingerprint density at radius 2 is 2.10 bits per heavy atom. The molecule has 2 aromatic rings. The molecule has 0 fully saturated rings. The van der Waals surface area contributed by atoms with Crippen molar-refractivity contribution < 1.29 is 19.4 Å². The van der Waals surface area contributed by atoms with E-state index in [0.717, 1.165) is 6.07 Å². The van der Waals surface area contributed by atoms with Crippen LogP contribution in [0.2, 0.25) is 5.15 Å². The number of amides is 1. The molecule has 1 atom stereocenters. The molecule has 0 aliphatic carbocycles. The minimum atomic E-state index is -1.29. The highest BCUT2D eigenvalue weighted by Gasteiger charge is 2.16. The van der Waals surface area contributed by atoms with Crippen LogP contribution >= 0.6 is 11.6 Å². The van der Waals surface area contributed by atoms with Gasteiger partial charge in [-0.25, -0.2) is 14.2 Å². The molecule has 0 aliphatic heterocycles. The third kappa shape index (κ3) is 3.23. The molecule has 2 rings (SSSR count). The smallest absolute Gasteiger partial charge is 0.409 e. The highest BCUT2D eigenvalue weighted by molar-refractivity contribution is 6.29. The number of nitrogens with one attached hydrogen (secondary N) is 1. The Morgan fingerprint density at radius 1 is 1.35 bits per heavy atom. The average Bonchev–Trinajstić information content (AvgIpc) is 2.37. The second-order valence-electron chi connectivity index (χ2n) is 3.98. The molecule has 5 nitrogen and oxygen atoms in total. The largest absolute Gasteiger partial charge is 0.465 e. The summed E-state index contributed by atoms with van der Waals surface area (Å²) in [6.07, 6.45) is -1.10. The Labute approximate surface area is 118 Å². The number of hydrogen-bond acceptors (Lipinski definition) is 3. The van der Waals surface area contributed by atoms with Crippen LogP contribution in [0.4, 0.5) is 14.9 Å². The number of carbonyl (C=O) groups is 1. The molecule has 0 saturated heterocycles. The van der Waals surface area contributed by atoms with Crippen LogP contribution in [-0.2, 0) is 0 Å². The monoisotopic (exact) mass is 296 g/mol. The summed E-state index contributed by atoms with van der Waals surface area (Å²) in [5, 5.41) is 20.9. The molecule has 0 aliphatic rings. The first-order valence-corrected chi connectivity index (χ1v) is 5.94. The standard InChI is InChI=1S/C13H10ClFN2O3/c14-11-5-7(3-4-16-11)12(18)9-2-1-8(6-10(9)15)17-13(19)20/h1-6,12,17-18H,(H,19,20). The summed E-state index contributed by atoms with van der Waals surface area (Å²) in [5.41, 5.74) is 0.491. The van der Waals surface area contributed by atoms with Gasteiger partial charge >= 0.3 is 6.09 Å². The van der Waals surface area contributed by atoms with E-state index in [9.17, 15) is 14.3 Å². The summed E-state index contributed by atoms with van der Waals surface area (Å²) in [6.45, 7) is 0. The minimum absolute atomic E-state index is 0.0169. The lowest BCUT2D eigenvalue weighted by atomic mass is 10.0. The lowest BCUT2D eigenvalue weighted by molar-refractivity contribution is 0.209. The van der Waals surface area contributed by atoms with E-state index >= 15 is 0 Å². The molecule has 1 amide bonds. The van der Waals surface area contributed by atoms with Gasteiger partial charge < -0.3 is 10.2 Å². The summed E-state index contributed by atoms with van der Waals surface area (Å²) in [6, 6.07) is 6.60. The second-order valence-corrected chi connectivity index (χ2v) is 4.37. The number of aliphatic hydroxyl groups is 1. The van der Waals surface area contributed by atoms with Gasteiger partial charge in [0.2, 0.25) is 0 Å². The molecule has 0 spiro atoms. The Bertz CT molecular complexity index is 651. The van der Waals surface area contributed by atoms with E-state index in [1.165, 1.54) is 30.5 Å². The zero-order chi connectivity index (χ0) is 14.7. The van der Waals surface area contributed by atoms with Gasteiger partial charge in [0.1, 0.15) is 17.1 Å². The van der Waals surface area contributed by atoms with Gasteiger partial charge in [-0.2, -0.15) is 0 Å². The van der Waals surface area contributed by atoms with E-state index in [2.05, 4.69) is 4.98 Å². The lowest BCUT2D eigenvalue weighted by Gasteiger charge is -2.13. The number of carboxylic acid groups (broad SMARTS) is 1. The van der Waals surface area contributed by atoms with E-state index in [-0.39, 0.29) is 16.4 Å². The normalized spacial score (nSPS) is 11.9. The summed E-state index contributed by atoms with van der Waals surface area (Å²) < 4.78 is 13.9. The molecule has 1 unspecified atom stereocenters. The van der Waals surface area contributed by atoms with Crippen molar-refractivity contribution in [1.82, 2.24) is 4.98 Å². The van der Waals surface area contributed by atoms with E-state index in [1.807, 2.05) is 5.32 Å². The van der Waals surface area contributed by atoms with Crippen LogP contribution in [0, 0.1) is 5.82 Å². The number of aliphatic hydroxyl groups excluding tert-OH is 1. The van der Waals surface area contributed by atoms with Crippen molar-refractivity contribution in [3.05, 3.63) is 58.6 Å². The third-order valence-corrected chi connectivity index (χ3v) is 2.82. The Morgan fingerprint density at radius 3 is 2.70 bits per heavy atom. The van der Waals surface area contributed by atoms with Crippen LogP contribution in [0.1, 0.15) is 17.2 Å².